The molecule has 0 aliphatic carbocycles. The molecule has 0 saturated heterocycles. The lowest BCUT2D eigenvalue weighted by atomic mass is 10.1. The van der Waals surface area contributed by atoms with Crippen LogP contribution in [-0.2, 0) is 11.3 Å². The van der Waals surface area contributed by atoms with Gasteiger partial charge in [-0.2, -0.15) is 0 Å². The maximum absolute atomic E-state index is 13.2. The number of rotatable bonds is 6. The van der Waals surface area contributed by atoms with Crippen molar-refractivity contribution < 1.29 is 18.7 Å². The van der Waals surface area contributed by atoms with Crippen LogP contribution in [-0.4, -0.2) is 27.9 Å². The first kappa shape index (κ1) is 20.5. The number of hydrogen-bond donors (Lipinski definition) is 0. The molecule has 0 fully saturated rings. The van der Waals surface area contributed by atoms with E-state index < -0.39 is 5.97 Å². The lowest BCUT2D eigenvalue weighted by molar-refractivity contribution is 0.0476. The fourth-order valence-corrected chi connectivity index (χ4v) is 3.69. The quantitative estimate of drug-likeness (QED) is 0.332. The van der Waals surface area contributed by atoms with Crippen molar-refractivity contribution in [2.45, 2.75) is 20.4 Å². The Kier molecular flexibility index (Phi) is 5.62. The van der Waals surface area contributed by atoms with E-state index in [1.165, 1.54) is 12.1 Å². The number of ether oxygens (including phenoxy) is 1. The Labute approximate surface area is 179 Å². The summed E-state index contributed by atoms with van der Waals surface area (Å²) in [5.74, 6) is -1.11. The first-order chi connectivity index (χ1) is 14.9. The number of halogens is 1. The van der Waals surface area contributed by atoms with Gasteiger partial charge in [-0.05, 0) is 55.1 Å². The number of aromatic nitrogens is 2. The third kappa shape index (κ3) is 4.23. The molecule has 156 valence electrons. The van der Waals surface area contributed by atoms with Crippen molar-refractivity contribution in [3.8, 4) is 0 Å². The van der Waals surface area contributed by atoms with Crippen molar-refractivity contribution in [3.05, 3.63) is 101 Å². The molecule has 0 saturated carbocycles. The Bertz CT molecular complexity index is 1270. The summed E-state index contributed by atoms with van der Waals surface area (Å²) in [6, 6.07) is 15.1. The van der Waals surface area contributed by atoms with E-state index in [1.54, 1.807) is 48.8 Å². The highest BCUT2D eigenvalue weighted by molar-refractivity contribution is 6.06. The zero-order chi connectivity index (χ0) is 22.0. The maximum atomic E-state index is 13.2. The highest BCUT2D eigenvalue weighted by Crippen LogP contribution is 2.20. The Morgan fingerprint density at radius 3 is 2.58 bits per heavy atom. The first-order valence-corrected chi connectivity index (χ1v) is 9.88. The van der Waals surface area contributed by atoms with Crippen LogP contribution in [0.15, 0.2) is 67.0 Å². The molecule has 0 unspecified atom stereocenters. The van der Waals surface area contributed by atoms with Crippen LogP contribution in [0.5, 0.6) is 0 Å². The lowest BCUT2D eigenvalue weighted by Crippen LogP contribution is -2.15. The number of fused-ring (bicyclic) bond motifs is 1. The van der Waals surface area contributed by atoms with E-state index in [2.05, 4.69) is 4.98 Å². The molecule has 31 heavy (non-hydrogen) atoms. The fourth-order valence-electron chi connectivity index (χ4n) is 3.69. The van der Waals surface area contributed by atoms with Gasteiger partial charge in [0.15, 0.2) is 6.61 Å². The molecular formula is C25H21FN2O3. The minimum absolute atomic E-state index is 0.270. The van der Waals surface area contributed by atoms with Crippen LogP contribution in [0.3, 0.4) is 0 Å². The van der Waals surface area contributed by atoms with Gasteiger partial charge in [-0.3, -0.25) is 9.78 Å². The van der Waals surface area contributed by atoms with Gasteiger partial charge in [0.1, 0.15) is 5.82 Å². The number of benzene rings is 2. The van der Waals surface area contributed by atoms with E-state index in [-0.39, 0.29) is 18.2 Å². The van der Waals surface area contributed by atoms with Gasteiger partial charge in [-0.1, -0.05) is 24.3 Å². The summed E-state index contributed by atoms with van der Waals surface area (Å²) < 4.78 is 20.5. The minimum Gasteiger partial charge on any atom is -0.454 e. The third-order valence-electron chi connectivity index (χ3n) is 5.36. The molecule has 0 aliphatic rings. The summed E-state index contributed by atoms with van der Waals surface area (Å²) in [6.45, 7) is 3.93. The van der Waals surface area contributed by atoms with Crippen molar-refractivity contribution in [2.24, 2.45) is 0 Å². The lowest BCUT2D eigenvalue weighted by Gasteiger charge is -2.10. The van der Waals surface area contributed by atoms with Gasteiger partial charge in [0.25, 0.3) is 0 Å². The Hall–Kier alpha value is -3.80. The summed E-state index contributed by atoms with van der Waals surface area (Å²) in [7, 11) is 0. The Morgan fingerprint density at radius 1 is 1.03 bits per heavy atom. The standard InChI is InChI=1S/C25H21FN2O3/c1-16-12-23(17(2)28(16)14-18-6-8-20(26)9-7-18)24(29)15-31-25(30)22-5-3-4-19-13-27-11-10-21(19)22/h3-13H,14-15H2,1-2H3. The van der Waals surface area contributed by atoms with Crippen molar-refractivity contribution >= 4 is 22.5 Å². The molecule has 0 amide bonds. The number of Topliss-reactive ketones (excluding diaryl/α,β-unsaturated/α-hetero) is 1. The van der Waals surface area contributed by atoms with Gasteiger partial charge in [-0.15, -0.1) is 0 Å². The molecule has 0 aliphatic heterocycles. The van der Waals surface area contributed by atoms with Gasteiger partial charge in [0, 0.05) is 41.3 Å². The van der Waals surface area contributed by atoms with E-state index in [9.17, 15) is 14.0 Å². The minimum atomic E-state index is -0.551. The average Bonchev–Trinajstić information content (AvgIpc) is 3.06. The number of nitrogens with zero attached hydrogens (tertiary/aromatic N) is 2. The molecule has 2 heterocycles. The molecule has 0 spiro atoms. The number of carbonyl (C=O) groups is 2. The molecule has 0 atom stereocenters. The number of hydrogen-bond acceptors (Lipinski definition) is 4. The smallest absolute Gasteiger partial charge is 0.339 e. The molecule has 4 rings (SSSR count). The van der Waals surface area contributed by atoms with Crippen LogP contribution in [0.2, 0.25) is 0 Å². The molecular weight excluding hydrogens is 395 g/mol. The zero-order valence-corrected chi connectivity index (χ0v) is 17.3. The van der Waals surface area contributed by atoms with Gasteiger partial charge >= 0.3 is 5.97 Å². The van der Waals surface area contributed by atoms with Crippen molar-refractivity contribution in [2.75, 3.05) is 6.61 Å². The summed E-state index contributed by atoms with van der Waals surface area (Å²) >= 11 is 0. The van der Waals surface area contributed by atoms with Crippen LogP contribution < -0.4 is 0 Å². The number of ketones is 1. The Morgan fingerprint density at radius 2 is 1.81 bits per heavy atom. The molecule has 6 heteroatoms. The largest absolute Gasteiger partial charge is 0.454 e. The molecule has 0 radical (unpaired) electrons. The van der Waals surface area contributed by atoms with Gasteiger partial charge < -0.3 is 9.30 Å². The van der Waals surface area contributed by atoms with Crippen LogP contribution in [0.25, 0.3) is 10.8 Å². The highest BCUT2D eigenvalue weighted by Gasteiger charge is 2.19. The van der Waals surface area contributed by atoms with Crippen LogP contribution in [0.1, 0.15) is 37.7 Å². The number of aryl methyl sites for hydroxylation is 1. The second-order valence-electron chi connectivity index (χ2n) is 7.40. The van der Waals surface area contributed by atoms with E-state index >= 15 is 0 Å². The third-order valence-corrected chi connectivity index (χ3v) is 5.36. The number of carbonyl (C=O) groups excluding carboxylic acids is 2. The normalized spacial score (nSPS) is 10.9. The fraction of sp³-hybridized carbons (Fsp3) is 0.160. The second kappa shape index (κ2) is 8.52. The number of esters is 1. The molecule has 0 N–H and O–H groups in total. The molecule has 2 aromatic heterocycles. The molecule has 5 nitrogen and oxygen atoms in total. The SMILES string of the molecule is Cc1cc(C(=O)COC(=O)c2cccc3cnccc23)c(C)n1Cc1ccc(F)cc1. The Balaban J connectivity index is 1.48. The topological polar surface area (TPSA) is 61.2 Å². The van der Waals surface area contributed by atoms with Crippen LogP contribution >= 0.6 is 0 Å². The van der Waals surface area contributed by atoms with Crippen molar-refractivity contribution in [3.63, 3.8) is 0 Å². The van der Waals surface area contributed by atoms with E-state index in [0.29, 0.717) is 17.7 Å². The molecule has 4 aromatic rings. The summed E-state index contributed by atoms with van der Waals surface area (Å²) in [5, 5.41) is 1.56. The average molecular weight is 416 g/mol. The number of pyridine rings is 1. The predicted molar refractivity (Wildman–Crippen MR) is 116 cm³/mol. The van der Waals surface area contributed by atoms with Crippen LogP contribution in [0.4, 0.5) is 4.39 Å². The summed E-state index contributed by atoms with van der Waals surface area (Å²) in [4.78, 5) is 29.4. The maximum Gasteiger partial charge on any atom is 0.339 e. The van der Waals surface area contributed by atoms with Crippen LogP contribution in [0, 0.1) is 19.7 Å². The van der Waals surface area contributed by atoms with Gasteiger partial charge in [0.2, 0.25) is 5.78 Å². The van der Waals surface area contributed by atoms with E-state index in [0.717, 1.165) is 27.7 Å². The first-order valence-electron chi connectivity index (χ1n) is 9.88. The second-order valence-corrected chi connectivity index (χ2v) is 7.40. The van der Waals surface area contributed by atoms with Crippen molar-refractivity contribution in [1.29, 1.82) is 0 Å². The molecule has 2 aromatic carbocycles. The van der Waals surface area contributed by atoms with Gasteiger partial charge in [0.05, 0.1) is 5.56 Å². The zero-order valence-electron chi connectivity index (χ0n) is 17.3. The predicted octanol–water partition coefficient (Wildman–Crippen LogP) is 4.88. The summed E-state index contributed by atoms with van der Waals surface area (Å²) in [6.07, 6.45) is 3.29. The van der Waals surface area contributed by atoms with E-state index in [4.69, 9.17) is 4.74 Å². The highest BCUT2D eigenvalue weighted by atomic mass is 19.1. The monoisotopic (exact) mass is 416 g/mol. The molecule has 0 bridgehead atoms. The van der Waals surface area contributed by atoms with Crippen molar-refractivity contribution in [1.82, 2.24) is 9.55 Å². The van der Waals surface area contributed by atoms with Gasteiger partial charge in [-0.25, -0.2) is 9.18 Å². The summed E-state index contributed by atoms with van der Waals surface area (Å²) in [5.41, 5.74) is 3.51. The van der Waals surface area contributed by atoms with E-state index in [1.807, 2.05) is 24.5 Å².